The van der Waals surface area contributed by atoms with Gasteiger partial charge < -0.3 is 9.11 Å². The molecule has 0 radical (unpaired) electrons. The highest BCUT2D eigenvalue weighted by Crippen LogP contribution is 2.34. The van der Waals surface area contributed by atoms with Crippen LogP contribution in [0.15, 0.2) is 97.3 Å². The Bertz CT molecular complexity index is 1320. The zero-order valence-electron chi connectivity index (χ0n) is 17.7. The molecule has 0 aliphatic heterocycles. The Kier molecular flexibility index (Phi) is 9.05. The van der Waals surface area contributed by atoms with E-state index in [0.717, 1.165) is 21.8 Å². The van der Waals surface area contributed by atoms with Gasteiger partial charge in [-0.05, 0) is 34.4 Å². The van der Waals surface area contributed by atoms with Gasteiger partial charge in [0.2, 0.25) is 0 Å². The number of hydrogen-bond donors (Lipinski definition) is 2. The van der Waals surface area contributed by atoms with Crippen molar-refractivity contribution in [1.82, 2.24) is 9.97 Å². The van der Waals surface area contributed by atoms with E-state index < -0.39 is 22.5 Å². The first-order chi connectivity index (χ1) is 16.4. The van der Waals surface area contributed by atoms with Crippen molar-refractivity contribution in [2.24, 2.45) is 10.3 Å². The number of rotatable bonds is 2. The van der Waals surface area contributed by atoms with E-state index in [1.165, 1.54) is 22.3 Å². The van der Waals surface area contributed by atoms with E-state index in [4.69, 9.17) is 17.5 Å². The van der Waals surface area contributed by atoms with Crippen molar-refractivity contribution in [2.75, 3.05) is 0 Å². The number of nitrogens with two attached hydrogens (primary N) is 2. The van der Waals surface area contributed by atoms with Crippen LogP contribution in [0.1, 0.15) is 0 Å². The van der Waals surface area contributed by atoms with Crippen molar-refractivity contribution in [1.29, 1.82) is 0 Å². The third-order valence-corrected chi connectivity index (χ3v) is 4.79. The zero-order valence-corrected chi connectivity index (χ0v) is 19.4. The molecule has 0 saturated heterocycles. The molecule has 0 aliphatic carbocycles. The van der Waals surface area contributed by atoms with Crippen molar-refractivity contribution in [2.45, 2.75) is 0 Å². The molecule has 5 aromatic rings. The van der Waals surface area contributed by atoms with Gasteiger partial charge in [-0.2, -0.15) is 0 Å². The quantitative estimate of drug-likeness (QED) is 0.283. The van der Waals surface area contributed by atoms with Crippen molar-refractivity contribution in [3.05, 3.63) is 97.3 Å². The molecule has 0 bridgehead atoms. The highest BCUT2D eigenvalue weighted by molar-refractivity contribution is 7.76. The molecule has 0 fully saturated rings. The molecule has 2 heterocycles. The van der Waals surface area contributed by atoms with Crippen molar-refractivity contribution in [3.8, 4) is 22.3 Å². The number of pyridine rings is 2. The summed E-state index contributed by atoms with van der Waals surface area (Å²) in [6, 6.07) is 29.3. The van der Waals surface area contributed by atoms with Crippen LogP contribution < -0.4 is 10.3 Å². The van der Waals surface area contributed by atoms with E-state index >= 15 is 0 Å². The van der Waals surface area contributed by atoms with Crippen LogP contribution in [0.5, 0.6) is 0 Å². The van der Waals surface area contributed by atoms with Crippen LogP contribution in [0.4, 0.5) is 0 Å². The number of fused-ring (bicyclic) bond motifs is 3. The monoisotopic (exact) mass is 492 g/mol. The van der Waals surface area contributed by atoms with Crippen molar-refractivity contribution < 1.29 is 17.5 Å². The summed E-state index contributed by atoms with van der Waals surface area (Å²) in [6.07, 6.45) is 3.75. The minimum atomic E-state index is -2.36. The molecule has 0 spiro atoms. The summed E-state index contributed by atoms with van der Waals surface area (Å²) in [4.78, 5) is 9.34. The lowest BCUT2D eigenvalue weighted by atomic mass is 9.97. The largest absolute Gasteiger partial charge is 0.760 e. The smallest absolute Gasteiger partial charge is 0.0970 e. The minimum Gasteiger partial charge on any atom is -0.760 e. The predicted molar refractivity (Wildman–Crippen MR) is 134 cm³/mol. The number of benzene rings is 3. The summed E-state index contributed by atoms with van der Waals surface area (Å²) in [6.45, 7) is 0. The lowest BCUT2D eigenvalue weighted by molar-refractivity contribution is 0.537. The molecule has 4 N–H and O–H groups in total. The van der Waals surface area contributed by atoms with Gasteiger partial charge in [0.1, 0.15) is 0 Å². The maximum absolute atomic E-state index is 8.78. The van der Waals surface area contributed by atoms with Gasteiger partial charge in [-0.25, -0.2) is 0 Å². The topological polar surface area (TPSA) is 158 Å². The highest BCUT2D eigenvalue weighted by Gasteiger charge is 2.11. The van der Waals surface area contributed by atoms with E-state index in [9.17, 15) is 0 Å². The van der Waals surface area contributed by atoms with Gasteiger partial charge in [-0.15, -0.1) is 0 Å². The molecule has 3 aromatic carbocycles. The second kappa shape index (κ2) is 12.2. The van der Waals surface area contributed by atoms with E-state index in [-0.39, 0.29) is 0 Å². The fraction of sp³-hybridized carbons (Fsp3) is 0. The van der Waals surface area contributed by atoms with E-state index in [1.54, 1.807) is 0 Å². The lowest BCUT2D eigenvalue weighted by Crippen LogP contribution is -1.97. The summed E-state index contributed by atoms with van der Waals surface area (Å²) >= 11 is -4.72. The van der Waals surface area contributed by atoms with Gasteiger partial charge in [0, 0.05) is 45.7 Å². The standard InChI is InChI=1S/C24H16N2.2H3NO2S/c1-3-7-17(8-4-1)19-13-15-25-23-21(19)11-12-22-20(14-16-26-24(22)23)18-9-5-2-6-10-18;2*1-4(2)3/h1-16H;2*1H2,(H,2,3)/p-2. The molecule has 2 aromatic heterocycles. The molecular weight excluding hydrogens is 472 g/mol. The van der Waals surface area contributed by atoms with Gasteiger partial charge in [0.25, 0.3) is 0 Å². The maximum atomic E-state index is 8.78. The van der Waals surface area contributed by atoms with Crippen LogP contribution in [0.2, 0.25) is 0 Å². The average molecular weight is 493 g/mol. The highest BCUT2D eigenvalue weighted by atomic mass is 32.2. The van der Waals surface area contributed by atoms with Crippen LogP contribution in [0.3, 0.4) is 0 Å². The third-order valence-electron chi connectivity index (χ3n) is 4.79. The van der Waals surface area contributed by atoms with Crippen molar-refractivity contribution in [3.63, 3.8) is 0 Å². The average Bonchev–Trinajstić information content (AvgIpc) is 2.83. The number of aromatic nitrogens is 2. The summed E-state index contributed by atoms with van der Waals surface area (Å²) in [7, 11) is 0. The lowest BCUT2D eigenvalue weighted by Gasteiger charge is -2.11. The molecule has 8 nitrogen and oxygen atoms in total. The van der Waals surface area contributed by atoms with Gasteiger partial charge in [0.05, 0.1) is 11.0 Å². The van der Waals surface area contributed by atoms with Crippen LogP contribution in [-0.4, -0.2) is 27.5 Å². The van der Waals surface area contributed by atoms with Gasteiger partial charge in [-0.1, -0.05) is 72.8 Å². The second-order valence-corrected chi connectivity index (χ2v) is 7.87. The third kappa shape index (κ3) is 6.58. The Morgan fingerprint density at radius 2 is 0.882 bits per heavy atom. The van der Waals surface area contributed by atoms with Gasteiger partial charge in [0.15, 0.2) is 0 Å². The first-order valence-electron chi connectivity index (χ1n) is 9.83. The molecule has 0 amide bonds. The number of nitrogens with zero attached hydrogens (tertiary/aromatic N) is 2. The molecule has 5 rings (SSSR count). The second-order valence-electron chi connectivity index (χ2n) is 6.83. The Balaban J connectivity index is 0.000000355. The van der Waals surface area contributed by atoms with Gasteiger partial charge >= 0.3 is 0 Å². The predicted octanol–water partition coefficient (Wildman–Crippen LogP) is 3.60. The van der Waals surface area contributed by atoms with Crippen molar-refractivity contribution >= 4 is 44.3 Å². The Hall–Kier alpha value is -3.38. The maximum Gasteiger partial charge on any atom is 0.0970 e. The fourth-order valence-corrected chi connectivity index (χ4v) is 3.57. The van der Waals surface area contributed by atoms with E-state index in [1.807, 2.05) is 24.5 Å². The summed E-state index contributed by atoms with van der Waals surface area (Å²) in [5.74, 6) is 0. The van der Waals surface area contributed by atoms with Crippen LogP contribution >= 0.6 is 0 Å². The summed E-state index contributed by atoms with van der Waals surface area (Å²) in [5, 5.41) is 10.3. The van der Waals surface area contributed by atoms with Crippen LogP contribution in [0.25, 0.3) is 44.1 Å². The van der Waals surface area contributed by atoms with E-state index in [2.05, 4.69) is 93.0 Å². The van der Waals surface area contributed by atoms with Crippen LogP contribution in [0, 0.1) is 0 Å². The molecule has 34 heavy (non-hydrogen) atoms. The summed E-state index contributed by atoms with van der Waals surface area (Å²) < 4.78 is 35.1. The first-order valence-corrected chi connectivity index (χ1v) is 12.1. The molecular formula is C24H20N4O4S2-2. The fourth-order valence-electron chi connectivity index (χ4n) is 3.57. The van der Waals surface area contributed by atoms with Gasteiger partial charge in [-0.3, -0.25) is 28.7 Å². The Morgan fingerprint density at radius 3 is 1.21 bits per heavy atom. The summed E-state index contributed by atoms with van der Waals surface area (Å²) in [5.41, 5.74) is 6.65. The number of hydrogen-bond acceptors (Lipinski definition) is 6. The molecule has 0 aliphatic rings. The van der Waals surface area contributed by atoms with E-state index in [0.29, 0.717) is 0 Å². The molecule has 10 heteroatoms. The normalized spacial score (nSPS) is 12.1. The SMILES string of the molecule is NS(=O)[O-].NS(=O)[O-].c1ccc(-c2ccnc3c2ccc2c(-c4ccccc4)ccnc23)cc1. The first kappa shape index (κ1) is 25.2. The van der Waals surface area contributed by atoms with Crippen LogP contribution in [-0.2, 0) is 22.5 Å². The molecule has 2 atom stereocenters. The molecule has 0 saturated carbocycles. The Morgan fingerprint density at radius 1 is 0.559 bits per heavy atom. The zero-order chi connectivity index (χ0) is 24.5. The molecule has 174 valence electrons. The minimum absolute atomic E-state index is 0.946. The Labute approximate surface area is 201 Å². The molecule has 2 unspecified atom stereocenters.